The second-order valence-corrected chi connectivity index (χ2v) is 5.65. The van der Waals surface area contributed by atoms with Crippen molar-refractivity contribution in [2.24, 2.45) is 5.28 Å². The number of carbonyl (C=O) groups excluding carboxylic acids is 1. The third-order valence-corrected chi connectivity index (χ3v) is 3.74. The highest BCUT2D eigenvalue weighted by Gasteiger charge is 2.27. The smallest absolute Gasteiger partial charge is 0.409 e. The van der Waals surface area contributed by atoms with Gasteiger partial charge >= 0.3 is 11.8 Å². The summed E-state index contributed by atoms with van der Waals surface area (Å²) in [6.07, 6.45) is 0.235. The number of non-ortho nitro benzene ring substituents is 1. The van der Waals surface area contributed by atoms with E-state index in [9.17, 15) is 30.2 Å². The zero-order chi connectivity index (χ0) is 20.7. The Morgan fingerprint density at radius 1 is 1.14 bits per heavy atom. The molecule has 1 amide bonds. The number of hydrogen-bond donors (Lipinski definition) is 0. The molecule has 1 saturated heterocycles. The zero-order valence-electron chi connectivity index (χ0n) is 14.9. The summed E-state index contributed by atoms with van der Waals surface area (Å²) in [5.41, 5.74) is -1.20. The van der Waals surface area contributed by atoms with Crippen molar-refractivity contribution in [2.45, 2.75) is 13.3 Å². The highest BCUT2D eigenvalue weighted by Crippen LogP contribution is 2.31. The van der Waals surface area contributed by atoms with Crippen molar-refractivity contribution in [2.75, 3.05) is 32.8 Å². The van der Waals surface area contributed by atoms with Crippen LogP contribution in [0, 0.1) is 25.4 Å². The maximum Gasteiger partial charge on any atom is 0.409 e. The fraction of sp³-hybridized carbons (Fsp3) is 0.500. The first kappa shape index (κ1) is 20.6. The first-order valence-electron chi connectivity index (χ1n) is 8.28. The minimum Gasteiger partial charge on any atom is -0.569 e. The Hall–Kier alpha value is -3.71. The van der Waals surface area contributed by atoms with Crippen LogP contribution in [0.4, 0.5) is 16.2 Å². The van der Waals surface area contributed by atoms with E-state index in [0.29, 0.717) is 19.1 Å². The number of amides is 1. The number of nitrogens with zero attached hydrogens (tertiary/aromatic N) is 6. The molecule has 0 aromatic heterocycles. The van der Waals surface area contributed by atoms with Crippen LogP contribution in [0.2, 0.25) is 0 Å². The molecule has 1 aromatic carbocycles. The lowest BCUT2D eigenvalue weighted by atomic mass is 10.2. The Labute approximate surface area is 158 Å². The van der Waals surface area contributed by atoms with E-state index in [1.807, 2.05) is 6.92 Å². The Bertz CT molecular complexity index is 777. The van der Waals surface area contributed by atoms with Crippen LogP contribution in [0.1, 0.15) is 13.3 Å². The first-order chi connectivity index (χ1) is 13.3. The number of nitro groups is 2. The van der Waals surface area contributed by atoms with Crippen molar-refractivity contribution in [1.82, 2.24) is 9.91 Å². The van der Waals surface area contributed by atoms with Crippen LogP contribution in [0.5, 0.6) is 5.75 Å². The summed E-state index contributed by atoms with van der Waals surface area (Å²) >= 11 is 0. The SMILES string of the molecule is CCCOC(=O)N1CCN(/[N+]([O-])=N\Oc2ccc([N+](=O)[O-])cc2[N+](=O)[O-])CC1. The molecule has 0 bridgehead atoms. The van der Waals surface area contributed by atoms with Crippen LogP contribution in [-0.4, -0.2) is 63.6 Å². The molecule has 0 spiro atoms. The van der Waals surface area contributed by atoms with E-state index in [4.69, 9.17) is 9.57 Å². The predicted octanol–water partition coefficient (Wildman–Crippen LogP) is 1.84. The number of nitro benzene ring substituents is 2. The van der Waals surface area contributed by atoms with Gasteiger partial charge in [0, 0.05) is 19.2 Å². The van der Waals surface area contributed by atoms with Gasteiger partial charge in [0.15, 0.2) is 0 Å². The lowest BCUT2D eigenvalue weighted by molar-refractivity contribution is -0.708. The van der Waals surface area contributed by atoms with E-state index >= 15 is 0 Å². The second-order valence-electron chi connectivity index (χ2n) is 5.65. The van der Waals surface area contributed by atoms with Crippen molar-refractivity contribution in [1.29, 1.82) is 0 Å². The van der Waals surface area contributed by atoms with Gasteiger partial charge in [-0.2, -0.15) is 0 Å². The Balaban J connectivity index is 1.99. The lowest BCUT2D eigenvalue weighted by Crippen LogP contribution is -2.50. The highest BCUT2D eigenvalue weighted by atomic mass is 16.7. The van der Waals surface area contributed by atoms with Gasteiger partial charge in [-0.15, -0.1) is 5.01 Å². The van der Waals surface area contributed by atoms with Crippen molar-refractivity contribution in [3.63, 3.8) is 0 Å². The standard InChI is InChI=1S/C14H18N6O8/c1-2-9-27-14(21)16-5-7-17(8-6-16)20(26)15-28-13-4-3-11(18(22)23)10-12(13)19(24)25/h3-4,10H,2,5-9H2,1H3/b20-15+. The van der Waals surface area contributed by atoms with Gasteiger partial charge < -0.3 is 14.8 Å². The monoisotopic (exact) mass is 398 g/mol. The van der Waals surface area contributed by atoms with Crippen LogP contribution >= 0.6 is 0 Å². The fourth-order valence-electron chi connectivity index (χ4n) is 2.30. The Morgan fingerprint density at radius 2 is 1.82 bits per heavy atom. The van der Waals surface area contributed by atoms with Crippen LogP contribution in [-0.2, 0) is 4.74 Å². The molecule has 0 saturated carbocycles. The minimum atomic E-state index is -0.881. The van der Waals surface area contributed by atoms with E-state index in [-0.39, 0.29) is 31.1 Å². The van der Waals surface area contributed by atoms with Gasteiger partial charge in [-0.25, -0.2) is 4.79 Å². The quantitative estimate of drug-likeness (QED) is 0.288. The Morgan fingerprint density at radius 3 is 2.39 bits per heavy atom. The van der Waals surface area contributed by atoms with Gasteiger partial charge in [-0.3, -0.25) is 25.1 Å². The average Bonchev–Trinajstić information content (AvgIpc) is 2.69. The number of hydrazine groups is 1. The number of rotatable bonds is 7. The minimum absolute atomic E-state index is 0.111. The maximum atomic E-state index is 12.0. The number of carbonyl (C=O) groups is 1. The van der Waals surface area contributed by atoms with Crippen LogP contribution in [0.25, 0.3) is 0 Å². The molecule has 2 rings (SSSR count). The van der Waals surface area contributed by atoms with Crippen molar-refractivity contribution >= 4 is 17.5 Å². The summed E-state index contributed by atoms with van der Waals surface area (Å²) in [5, 5.41) is 38.2. The normalized spacial score (nSPS) is 14.5. The van der Waals surface area contributed by atoms with Gasteiger partial charge in [-0.1, -0.05) is 6.92 Å². The highest BCUT2D eigenvalue weighted by molar-refractivity contribution is 5.67. The molecule has 0 atom stereocenters. The fourth-order valence-corrected chi connectivity index (χ4v) is 2.30. The molecule has 1 aromatic rings. The first-order valence-corrected chi connectivity index (χ1v) is 8.28. The number of piperazine rings is 1. The zero-order valence-corrected chi connectivity index (χ0v) is 14.9. The molecule has 14 heteroatoms. The van der Waals surface area contributed by atoms with Crippen LogP contribution < -0.4 is 4.84 Å². The molecule has 1 fully saturated rings. The molecule has 0 radical (unpaired) electrons. The number of ether oxygens (including phenoxy) is 1. The molecule has 0 unspecified atom stereocenters. The van der Waals surface area contributed by atoms with Gasteiger partial charge in [0.1, 0.15) is 0 Å². The summed E-state index contributed by atoms with van der Waals surface area (Å²) in [6, 6.07) is 2.68. The molecule has 0 aliphatic carbocycles. The Kier molecular flexibility index (Phi) is 6.84. The average molecular weight is 398 g/mol. The van der Waals surface area contributed by atoms with Gasteiger partial charge in [0.25, 0.3) is 5.69 Å². The largest absolute Gasteiger partial charge is 0.569 e. The summed E-state index contributed by atoms with van der Waals surface area (Å²) in [7, 11) is 0. The molecule has 0 N–H and O–H groups in total. The summed E-state index contributed by atoms with van der Waals surface area (Å²) in [6.45, 7) is 2.95. The molecule has 14 nitrogen and oxygen atoms in total. The second kappa shape index (κ2) is 9.29. The van der Waals surface area contributed by atoms with E-state index in [2.05, 4.69) is 5.28 Å². The summed E-state index contributed by atoms with van der Waals surface area (Å²) < 4.78 is 5.01. The van der Waals surface area contributed by atoms with Crippen molar-refractivity contribution in [3.05, 3.63) is 43.6 Å². The number of benzene rings is 1. The molecular weight excluding hydrogens is 380 g/mol. The molecule has 152 valence electrons. The molecule has 1 heterocycles. The third kappa shape index (κ3) is 5.15. The number of hydrogen-bond acceptors (Lipinski definition) is 9. The summed E-state index contributed by atoms with van der Waals surface area (Å²) in [5.74, 6) is -0.418. The molecular formula is C14H18N6O8. The van der Waals surface area contributed by atoms with Gasteiger partial charge in [-0.05, 0) is 12.5 Å². The van der Waals surface area contributed by atoms with Gasteiger partial charge in [0.2, 0.25) is 11.0 Å². The van der Waals surface area contributed by atoms with Crippen LogP contribution in [0.3, 0.4) is 0 Å². The lowest BCUT2D eigenvalue weighted by Gasteiger charge is -2.30. The maximum absolute atomic E-state index is 12.0. The third-order valence-electron chi connectivity index (χ3n) is 3.74. The van der Waals surface area contributed by atoms with Crippen molar-refractivity contribution < 1.29 is 29.2 Å². The van der Waals surface area contributed by atoms with E-state index in [0.717, 1.165) is 12.1 Å². The summed E-state index contributed by atoms with van der Waals surface area (Å²) in [4.78, 5) is 38.2. The topological polar surface area (TPSA) is 167 Å². The van der Waals surface area contributed by atoms with Crippen molar-refractivity contribution in [3.8, 4) is 5.75 Å². The van der Waals surface area contributed by atoms with Gasteiger partial charge in [0.05, 0.1) is 40.6 Å². The molecule has 28 heavy (non-hydrogen) atoms. The van der Waals surface area contributed by atoms with E-state index in [1.54, 1.807) is 0 Å². The van der Waals surface area contributed by atoms with E-state index in [1.165, 1.54) is 9.91 Å². The van der Waals surface area contributed by atoms with Crippen LogP contribution in [0.15, 0.2) is 23.5 Å². The molecule has 1 aliphatic heterocycles. The predicted molar refractivity (Wildman–Crippen MR) is 91.2 cm³/mol. The van der Waals surface area contributed by atoms with E-state index < -0.39 is 33.1 Å². The molecule has 1 aliphatic rings.